The van der Waals surface area contributed by atoms with Gasteiger partial charge in [-0.25, -0.2) is 9.78 Å². The fourth-order valence-electron chi connectivity index (χ4n) is 3.97. The van der Waals surface area contributed by atoms with Gasteiger partial charge in [-0.2, -0.15) is 0 Å². The number of carbonyl (C=O) groups is 1. The van der Waals surface area contributed by atoms with Crippen LogP contribution in [-0.4, -0.2) is 41.4 Å². The molecule has 1 fully saturated rings. The van der Waals surface area contributed by atoms with Crippen LogP contribution >= 0.6 is 0 Å². The van der Waals surface area contributed by atoms with Gasteiger partial charge in [0.05, 0.1) is 36.6 Å². The van der Waals surface area contributed by atoms with E-state index in [9.17, 15) is 9.90 Å². The smallest absolute Gasteiger partial charge is 0.339 e. The van der Waals surface area contributed by atoms with Crippen molar-refractivity contribution in [2.45, 2.75) is 18.9 Å². The molecular weight excluding hydrogens is 468 g/mol. The Labute approximate surface area is 215 Å². The van der Waals surface area contributed by atoms with Crippen molar-refractivity contribution in [2.24, 2.45) is 5.92 Å². The molecule has 1 heterocycles. The van der Waals surface area contributed by atoms with Crippen LogP contribution in [0.4, 0.5) is 0 Å². The third-order valence-electron chi connectivity index (χ3n) is 6.23. The number of benzene rings is 3. The van der Waals surface area contributed by atoms with E-state index in [-0.39, 0.29) is 24.0 Å². The molecular formula is C30H28N2O5. The first kappa shape index (κ1) is 24.5. The van der Waals surface area contributed by atoms with Crippen LogP contribution in [0.15, 0.2) is 72.9 Å². The molecule has 1 aromatic heterocycles. The number of hydrogen-bond donors (Lipinski definition) is 1. The van der Waals surface area contributed by atoms with Gasteiger partial charge in [-0.3, -0.25) is 4.98 Å². The van der Waals surface area contributed by atoms with Gasteiger partial charge in [-0.05, 0) is 72.4 Å². The molecule has 0 saturated heterocycles. The van der Waals surface area contributed by atoms with E-state index in [0.717, 1.165) is 27.9 Å². The lowest BCUT2D eigenvalue weighted by molar-refractivity contribution is 0.0128. The van der Waals surface area contributed by atoms with Crippen molar-refractivity contribution >= 4 is 29.2 Å². The topological polar surface area (TPSA) is 90.8 Å². The van der Waals surface area contributed by atoms with Gasteiger partial charge in [-0.1, -0.05) is 36.4 Å². The average molecular weight is 497 g/mol. The molecule has 7 heteroatoms. The van der Waals surface area contributed by atoms with E-state index in [1.165, 1.54) is 26.0 Å². The van der Waals surface area contributed by atoms with E-state index in [2.05, 4.69) is 16.0 Å². The molecule has 7 nitrogen and oxygen atoms in total. The van der Waals surface area contributed by atoms with Gasteiger partial charge in [0.1, 0.15) is 29.8 Å². The molecule has 4 aromatic rings. The quantitative estimate of drug-likeness (QED) is 0.270. The van der Waals surface area contributed by atoms with Gasteiger partial charge < -0.3 is 19.3 Å². The Bertz CT molecular complexity index is 1430. The number of carboxylic acid groups (broad SMARTS) is 1. The molecule has 0 unspecified atom stereocenters. The SMILES string of the molecule is COc1ccc(OC[C@@H](OCC2CC2)c2cccc(/C=C/c3cnc4ccccc4n3)c2)c(C(=O)O)c1. The first-order valence-electron chi connectivity index (χ1n) is 12.2. The zero-order valence-corrected chi connectivity index (χ0v) is 20.5. The zero-order valence-electron chi connectivity index (χ0n) is 20.5. The van der Waals surface area contributed by atoms with Crippen molar-refractivity contribution in [1.29, 1.82) is 0 Å². The van der Waals surface area contributed by atoms with Crippen LogP contribution in [0, 0.1) is 5.92 Å². The van der Waals surface area contributed by atoms with Crippen LogP contribution < -0.4 is 9.47 Å². The van der Waals surface area contributed by atoms with E-state index >= 15 is 0 Å². The van der Waals surface area contributed by atoms with Gasteiger partial charge in [0, 0.05) is 0 Å². The highest BCUT2D eigenvalue weighted by atomic mass is 16.5. The monoisotopic (exact) mass is 496 g/mol. The number of hydrogen-bond acceptors (Lipinski definition) is 6. The largest absolute Gasteiger partial charge is 0.497 e. The minimum atomic E-state index is -1.08. The molecule has 5 rings (SSSR count). The minimum Gasteiger partial charge on any atom is -0.497 e. The number of para-hydroxylation sites is 2. The molecule has 1 saturated carbocycles. The summed E-state index contributed by atoms with van der Waals surface area (Å²) in [6, 6.07) is 20.6. The van der Waals surface area contributed by atoms with Crippen molar-refractivity contribution in [3.05, 3.63) is 95.3 Å². The summed E-state index contributed by atoms with van der Waals surface area (Å²) in [6.07, 6.45) is 7.68. The Balaban J connectivity index is 1.34. The molecule has 0 aliphatic heterocycles. The molecule has 1 N–H and O–H groups in total. The van der Waals surface area contributed by atoms with Gasteiger partial charge in [0.25, 0.3) is 0 Å². The average Bonchev–Trinajstić information content (AvgIpc) is 3.76. The van der Waals surface area contributed by atoms with Crippen LogP contribution in [0.1, 0.15) is 46.1 Å². The van der Waals surface area contributed by atoms with Crippen LogP contribution in [0.3, 0.4) is 0 Å². The van der Waals surface area contributed by atoms with Gasteiger partial charge >= 0.3 is 5.97 Å². The highest BCUT2D eigenvalue weighted by Gasteiger charge is 2.25. The minimum absolute atomic E-state index is 0.0495. The highest BCUT2D eigenvalue weighted by molar-refractivity contribution is 5.91. The second kappa shape index (κ2) is 11.2. The number of carboxylic acids is 1. The lowest BCUT2D eigenvalue weighted by Crippen LogP contribution is -2.16. The summed E-state index contributed by atoms with van der Waals surface area (Å²) < 4.78 is 17.4. The third kappa shape index (κ3) is 6.32. The second-order valence-corrected chi connectivity index (χ2v) is 9.03. The van der Waals surface area contributed by atoms with E-state index in [1.807, 2.05) is 54.6 Å². The number of nitrogens with zero attached hydrogens (tertiary/aromatic N) is 2. The number of aromatic nitrogens is 2. The number of aromatic carboxylic acids is 1. The lowest BCUT2D eigenvalue weighted by atomic mass is 10.1. The Morgan fingerprint density at radius 2 is 1.89 bits per heavy atom. The summed E-state index contributed by atoms with van der Waals surface area (Å²) in [5.74, 6) is 0.238. The zero-order chi connectivity index (χ0) is 25.6. The predicted molar refractivity (Wildman–Crippen MR) is 142 cm³/mol. The summed E-state index contributed by atoms with van der Waals surface area (Å²) in [7, 11) is 1.50. The molecule has 37 heavy (non-hydrogen) atoms. The lowest BCUT2D eigenvalue weighted by Gasteiger charge is -2.20. The van der Waals surface area contributed by atoms with Crippen LogP contribution in [-0.2, 0) is 4.74 Å². The molecule has 1 aliphatic rings. The van der Waals surface area contributed by atoms with Crippen LogP contribution in [0.5, 0.6) is 11.5 Å². The number of ether oxygens (including phenoxy) is 3. The first-order chi connectivity index (χ1) is 18.1. The van der Waals surface area contributed by atoms with E-state index < -0.39 is 5.97 Å². The summed E-state index contributed by atoms with van der Waals surface area (Å²) >= 11 is 0. The fourth-order valence-corrected chi connectivity index (χ4v) is 3.97. The van der Waals surface area contributed by atoms with Gasteiger partial charge in [-0.15, -0.1) is 0 Å². The maximum absolute atomic E-state index is 11.7. The molecule has 188 valence electrons. The summed E-state index contributed by atoms with van der Waals surface area (Å²) in [4.78, 5) is 20.9. The molecule has 0 amide bonds. The molecule has 0 radical (unpaired) electrons. The summed E-state index contributed by atoms with van der Waals surface area (Å²) in [5.41, 5.74) is 4.48. The van der Waals surface area contributed by atoms with Crippen molar-refractivity contribution in [2.75, 3.05) is 20.3 Å². The Morgan fingerprint density at radius 3 is 2.68 bits per heavy atom. The summed E-state index contributed by atoms with van der Waals surface area (Å²) in [5, 5.41) is 9.62. The van der Waals surface area contributed by atoms with E-state index in [1.54, 1.807) is 18.3 Å². The van der Waals surface area contributed by atoms with Crippen LogP contribution in [0.25, 0.3) is 23.2 Å². The molecule has 3 aromatic carbocycles. The normalized spacial score (nSPS) is 14.1. The number of fused-ring (bicyclic) bond motifs is 1. The number of rotatable bonds is 11. The Kier molecular flexibility index (Phi) is 7.42. The number of methoxy groups -OCH3 is 1. The van der Waals surface area contributed by atoms with Crippen molar-refractivity contribution in [3.63, 3.8) is 0 Å². The predicted octanol–water partition coefficient (Wildman–Crippen LogP) is 6.05. The van der Waals surface area contributed by atoms with E-state index in [4.69, 9.17) is 14.2 Å². The van der Waals surface area contributed by atoms with Gasteiger partial charge in [0.15, 0.2) is 0 Å². The van der Waals surface area contributed by atoms with Crippen molar-refractivity contribution in [3.8, 4) is 11.5 Å². The van der Waals surface area contributed by atoms with Crippen molar-refractivity contribution < 1.29 is 24.1 Å². The molecule has 1 atom stereocenters. The molecule has 0 bridgehead atoms. The van der Waals surface area contributed by atoms with Crippen LogP contribution in [0.2, 0.25) is 0 Å². The van der Waals surface area contributed by atoms with E-state index in [0.29, 0.717) is 18.3 Å². The first-order valence-corrected chi connectivity index (χ1v) is 12.2. The molecule has 1 aliphatic carbocycles. The summed E-state index contributed by atoms with van der Waals surface area (Å²) in [6.45, 7) is 0.831. The fraction of sp³-hybridized carbons (Fsp3) is 0.233. The van der Waals surface area contributed by atoms with Crippen molar-refractivity contribution in [1.82, 2.24) is 9.97 Å². The standard InChI is InChI=1S/C30H28N2O5/c1-35-24-13-14-28(25(16-24)30(33)34)37-19-29(36-18-21-9-10-21)22-6-4-5-20(15-22)11-12-23-17-31-26-7-2-3-8-27(26)32-23/h2-8,11-17,21,29H,9-10,18-19H2,1H3,(H,33,34)/b12-11+/t29-/m1/s1. The highest BCUT2D eigenvalue weighted by Crippen LogP contribution is 2.32. The van der Waals surface area contributed by atoms with Gasteiger partial charge in [0.2, 0.25) is 0 Å². The molecule has 0 spiro atoms. The Hall–Kier alpha value is -4.23. The third-order valence-corrected chi connectivity index (χ3v) is 6.23. The second-order valence-electron chi connectivity index (χ2n) is 9.03. The maximum atomic E-state index is 11.7. The Morgan fingerprint density at radius 1 is 1.05 bits per heavy atom. The maximum Gasteiger partial charge on any atom is 0.339 e.